The zero-order chi connectivity index (χ0) is 15.4. The average Bonchev–Trinajstić information content (AvgIpc) is 2.78. The number of aromatic nitrogens is 2. The fourth-order valence-corrected chi connectivity index (χ4v) is 2.11. The van der Waals surface area contributed by atoms with E-state index in [1.807, 2.05) is 30.3 Å². The van der Waals surface area contributed by atoms with Crippen molar-refractivity contribution in [1.82, 2.24) is 15.1 Å². The predicted molar refractivity (Wildman–Crippen MR) is 77.0 cm³/mol. The second-order valence-electron chi connectivity index (χ2n) is 4.85. The van der Waals surface area contributed by atoms with Crippen molar-refractivity contribution in [1.29, 1.82) is 0 Å². The molecule has 1 heterocycles. The largest absolute Gasteiger partial charge is 0.480 e. The Morgan fingerprint density at radius 1 is 1.33 bits per heavy atom. The van der Waals surface area contributed by atoms with Crippen LogP contribution in [0.15, 0.2) is 36.4 Å². The Labute approximate surface area is 122 Å². The molecule has 0 fully saturated rings. The lowest BCUT2D eigenvalue weighted by Gasteiger charge is -2.14. The summed E-state index contributed by atoms with van der Waals surface area (Å²) in [6, 6.07) is 9.83. The van der Waals surface area contributed by atoms with Gasteiger partial charge in [-0.05, 0) is 18.6 Å². The molecule has 0 aliphatic heterocycles. The number of aliphatic carboxylic acids is 1. The topological polar surface area (TPSA) is 84.2 Å². The molecule has 1 amide bonds. The van der Waals surface area contributed by atoms with Crippen molar-refractivity contribution in [2.75, 3.05) is 0 Å². The monoisotopic (exact) mass is 287 g/mol. The lowest BCUT2D eigenvalue weighted by atomic mass is 10.1. The van der Waals surface area contributed by atoms with Gasteiger partial charge in [-0.2, -0.15) is 5.10 Å². The summed E-state index contributed by atoms with van der Waals surface area (Å²) in [5.74, 6) is -1.51. The van der Waals surface area contributed by atoms with Crippen molar-refractivity contribution in [3.8, 4) is 0 Å². The lowest BCUT2D eigenvalue weighted by molar-refractivity contribution is -0.139. The Hall–Kier alpha value is -2.63. The minimum absolute atomic E-state index is 0.235. The molecule has 0 bridgehead atoms. The summed E-state index contributed by atoms with van der Waals surface area (Å²) in [5.41, 5.74) is 1.90. The van der Waals surface area contributed by atoms with Crippen LogP contribution in [-0.4, -0.2) is 32.8 Å². The first-order valence-corrected chi connectivity index (χ1v) is 6.55. The van der Waals surface area contributed by atoms with E-state index in [1.54, 1.807) is 20.0 Å². The molecule has 0 radical (unpaired) electrons. The highest BCUT2D eigenvalue weighted by Gasteiger charge is 2.22. The van der Waals surface area contributed by atoms with Crippen LogP contribution in [-0.2, 0) is 18.3 Å². The Bertz CT molecular complexity index is 649. The Morgan fingerprint density at radius 2 is 2.00 bits per heavy atom. The van der Waals surface area contributed by atoms with E-state index < -0.39 is 17.9 Å². The highest BCUT2D eigenvalue weighted by Crippen LogP contribution is 2.06. The molecule has 0 spiro atoms. The van der Waals surface area contributed by atoms with Crippen molar-refractivity contribution < 1.29 is 14.7 Å². The summed E-state index contributed by atoms with van der Waals surface area (Å²) in [6.45, 7) is 1.77. The van der Waals surface area contributed by atoms with Gasteiger partial charge in [-0.1, -0.05) is 30.3 Å². The molecule has 0 aliphatic carbocycles. The SMILES string of the molecule is Cc1cc(C(=O)N[C@H](Cc2ccccc2)C(=O)O)n(C)n1. The van der Waals surface area contributed by atoms with Gasteiger partial charge in [-0.15, -0.1) is 0 Å². The van der Waals surface area contributed by atoms with Gasteiger partial charge < -0.3 is 10.4 Å². The van der Waals surface area contributed by atoms with Gasteiger partial charge in [0.15, 0.2) is 0 Å². The molecule has 0 aliphatic rings. The molecule has 2 aromatic rings. The van der Waals surface area contributed by atoms with Crippen molar-refractivity contribution in [2.45, 2.75) is 19.4 Å². The van der Waals surface area contributed by atoms with Crippen LogP contribution in [0.3, 0.4) is 0 Å². The summed E-state index contributed by atoms with van der Waals surface area (Å²) in [6.07, 6.45) is 0.235. The van der Waals surface area contributed by atoms with Crippen molar-refractivity contribution >= 4 is 11.9 Å². The van der Waals surface area contributed by atoms with Crippen LogP contribution in [0.2, 0.25) is 0 Å². The van der Waals surface area contributed by atoms with Crippen LogP contribution >= 0.6 is 0 Å². The van der Waals surface area contributed by atoms with Crippen LogP contribution in [0.1, 0.15) is 21.7 Å². The molecular weight excluding hydrogens is 270 g/mol. The maximum atomic E-state index is 12.1. The molecule has 6 heteroatoms. The van der Waals surface area contributed by atoms with Crippen LogP contribution in [0.5, 0.6) is 0 Å². The van der Waals surface area contributed by atoms with Gasteiger partial charge in [0.2, 0.25) is 0 Å². The third kappa shape index (κ3) is 3.68. The summed E-state index contributed by atoms with van der Waals surface area (Å²) in [5, 5.41) is 15.9. The number of carboxylic acid groups (broad SMARTS) is 1. The van der Waals surface area contributed by atoms with Gasteiger partial charge >= 0.3 is 5.97 Å². The molecule has 110 valence electrons. The smallest absolute Gasteiger partial charge is 0.326 e. The quantitative estimate of drug-likeness (QED) is 0.864. The number of benzene rings is 1. The van der Waals surface area contributed by atoms with Gasteiger partial charge in [0.25, 0.3) is 5.91 Å². The number of hydrogen-bond donors (Lipinski definition) is 2. The lowest BCUT2D eigenvalue weighted by Crippen LogP contribution is -2.42. The van der Waals surface area contributed by atoms with E-state index in [2.05, 4.69) is 10.4 Å². The summed E-state index contributed by atoms with van der Waals surface area (Å²) >= 11 is 0. The second-order valence-corrected chi connectivity index (χ2v) is 4.85. The molecule has 1 aromatic carbocycles. The minimum atomic E-state index is -1.06. The third-order valence-corrected chi connectivity index (χ3v) is 3.12. The summed E-state index contributed by atoms with van der Waals surface area (Å²) in [4.78, 5) is 23.5. The maximum absolute atomic E-state index is 12.1. The standard InChI is InChI=1S/C15H17N3O3/c1-10-8-13(18(2)17-10)14(19)16-12(15(20)21)9-11-6-4-3-5-7-11/h3-8,12H,9H2,1-2H3,(H,16,19)(H,20,21)/t12-/m1/s1. The normalized spacial score (nSPS) is 11.9. The highest BCUT2D eigenvalue weighted by molar-refractivity contribution is 5.95. The fourth-order valence-electron chi connectivity index (χ4n) is 2.11. The van der Waals surface area contributed by atoms with E-state index in [4.69, 9.17) is 0 Å². The predicted octanol–water partition coefficient (Wildman–Crippen LogP) is 1.15. The summed E-state index contributed by atoms with van der Waals surface area (Å²) < 4.78 is 1.44. The van der Waals surface area contributed by atoms with E-state index in [9.17, 15) is 14.7 Å². The molecule has 1 aromatic heterocycles. The minimum Gasteiger partial charge on any atom is -0.480 e. The number of amides is 1. The van der Waals surface area contributed by atoms with Gasteiger partial charge in [0.05, 0.1) is 5.69 Å². The zero-order valence-corrected chi connectivity index (χ0v) is 11.9. The van der Waals surface area contributed by atoms with Crippen LogP contribution in [0.25, 0.3) is 0 Å². The number of nitrogens with zero attached hydrogens (tertiary/aromatic N) is 2. The van der Waals surface area contributed by atoms with Gasteiger partial charge in [0, 0.05) is 13.5 Å². The first-order chi connectivity index (χ1) is 9.97. The number of carbonyl (C=O) groups is 2. The van der Waals surface area contributed by atoms with Crippen LogP contribution in [0.4, 0.5) is 0 Å². The summed E-state index contributed by atoms with van der Waals surface area (Å²) in [7, 11) is 1.65. The second kappa shape index (κ2) is 6.21. The van der Waals surface area contributed by atoms with Crippen LogP contribution < -0.4 is 5.32 Å². The Kier molecular flexibility index (Phi) is 4.37. The van der Waals surface area contributed by atoms with E-state index in [-0.39, 0.29) is 6.42 Å². The van der Waals surface area contributed by atoms with Gasteiger partial charge in [-0.3, -0.25) is 9.48 Å². The van der Waals surface area contributed by atoms with Gasteiger partial charge in [0.1, 0.15) is 11.7 Å². The molecule has 0 unspecified atom stereocenters. The molecule has 6 nitrogen and oxygen atoms in total. The number of rotatable bonds is 5. The van der Waals surface area contributed by atoms with E-state index in [0.29, 0.717) is 11.4 Å². The molecule has 1 atom stereocenters. The van der Waals surface area contributed by atoms with Crippen molar-refractivity contribution in [3.05, 3.63) is 53.3 Å². The molecule has 2 N–H and O–H groups in total. The first-order valence-electron chi connectivity index (χ1n) is 6.55. The number of nitrogens with one attached hydrogen (secondary N) is 1. The molecule has 21 heavy (non-hydrogen) atoms. The third-order valence-electron chi connectivity index (χ3n) is 3.12. The Balaban J connectivity index is 2.11. The Morgan fingerprint density at radius 3 is 2.52 bits per heavy atom. The fraction of sp³-hybridized carbons (Fsp3) is 0.267. The van der Waals surface area contributed by atoms with E-state index in [0.717, 1.165) is 5.56 Å². The van der Waals surface area contributed by atoms with Crippen molar-refractivity contribution in [2.24, 2.45) is 7.05 Å². The number of hydrogen-bond acceptors (Lipinski definition) is 3. The molecule has 2 rings (SSSR count). The highest BCUT2D eigenvalue weighted by atomic mass is 16.4. The number of aryl methyl sites for hydroxylation is 2. The zero-order valence-electron chi connectivity index (χ0n) is 11.9. The van der Waals surface area contributed by atoms with Crippen molar-refractivity contribution in [3.63, 3.8) is 0 Å². The molecule has 0 saturated carbocycles. The number of carboxylic acids is 1. The molecular formula is C15H17N3O3. The van der Waals surface area contributed by atoms with Crippen LogP contribution in [0, 0.1) is 6.92 Å². The van der Waals surface area contributed by atoms with E-state index >= 15 is 0 Å². The maximum Gasteiger partial charge on any atom is 0.326 e. The van der Waals surface area contributed by atoms with Gasteiger partial charge in [-0.25, -0.2) is 4.79 Å². The number of carbonyl (C=O) groups excluding carboxylic acids is 1. The average molecular weight is 287 g/mol. The first kappa shape index (κ1) is 14.8. The van der Waals surface area contributed by atoms with E-state index in [1.165, 1.54) is 4.68 Å². The molecule has 0 saturated heterocycles.